The second-order valence-electron chi connectivity index (χ2n) is 5.14. The van der Waals surface area contributed by atoms with Gasteiger partial charge in [-0.05, 0) is 37.6 Å². The minimum absolute atomic E-state index is 0.0480. The summed E-state index contributed by atoms with van der Waals surface area (Å²) in [6, 6.07) is 14.0. The van der Waals surface area contributed by atoms with Gasteiger partial charge in [0.1, 0.15) is 5.82 Å². The molecule has 116 valence electrons. The molecule has 1 aromatic carbocycles. The molecule has 4 nitrogen and oxygen atoms in total. The maximum absolute atomic E-state index is 11.7. The second kappa shape index (κ2) is 8.17. The van der Waals surface area contributed by atoms with Crippen LogP contribution in [0.2, 0.25) is 0 Å². The molecule has 0 fully saturated rings. The lowest BCUT2D eigenvalue weighted by atomic mass is 10.2. The Morgan fingerprint density at radius 2 is 1.91 bits per heavy atom. The summed E-state index contributed by atoms with van der Waals surface area (Å²) in [6.07, 6.45) is 4.20. The van der Waals surface area contributed by atoms with Crippen LogP contribution in [-0.2, 0) is 4.79 Å². The molecule has 0 aliphatic heterocycles. The molecule has 0 unspecified atom stereocenters. The van der Waals surface area contributed by atoms with Crippen LogP contribution in [0.5, 0.6) is 0 Å². The average Bonchev–Trinajstić information content (AvgIpc) is 2.56. The molecular weight excluding hydrogens is 274 g/mol. The number of hydrogen-bond acceptors (Lipinski definition) is 3. The Balaban J connectivity index is 2.06. The van der Waals surface area contributed by atoms with Gasteiger partial charge in [0.25, 0.3) is 0 Å². The van der Waals surface area contributed by atoms with E-state index in [1.54, 1.807) is 6.20 Å². The first-order valence-electron chi connectivity index (χ1n) is 7.83. The third kappa shape index (κ3) is 4.32. The van der Waals surface area contributed by atoms with E-state index in [0.717, 1.165) is 36.6 Å². The van der Waals surface area contributed by atoms with Crippen LogP contribution in [0.4, 0.5) is 17.2 Å². The van der Waals surface area contributed by atoms with Gasteiger partial charge >= 0.3 is 0 Å². The smallest absolute Gasteiger partial charge is 0.224 e. The maximum Gasteiger partial charge on any atom is 0.224 e. The zero-order valence-electron chi connectivity index (χ0n) is 13.2. The molecule has 0 radical (unpaired) electrons. The van der Waals surface area contributed by atoms with Crippen molar-refractivity contribution in [3.05, 3.63) is 48.7 Å². The molecular formula is C18H23N3O. The summed E-state index contributed by atoms with van der Waals surface area (Å²) in [7, 11) is 0. The van der Waals surface area contributed by atoms with Gasteiger partial charge in [0.15, 0.2) is 0 Å². The number of pyridine rings is 1. The number of amides is 1. The molecule has 1 amide bonds. The molecule has 0 aliphatic rings. The molecule has 2 rings (SSSR count). The van der Waals surface area contributed by atoms with E-state index < -0.39 is 0 Å². The Hall–Kier alpha value is -2.36. The van der Waals surface area contributed by atoms with Crippen LogP contribution in [0.3, 0.4) is 0 Å². The first-order valence-corrected chi connectivity index (χ1v) is 7.83. The molecule has 4 heteroatoms. The molecule has 0 saturated carbocycles. The van der Waals surface area contributed by atoms with Crippen molar-refractivity contribution >= 4 is 23.1 Å². The molecule has 1 N–H and O–H groups in total. The van der Waals surface area contributed by atoms with Crippen LogP contribution in [0, 0.1) is 0 Å². The minimum atomic E-state index is 0.0480. The van der Waals surface area contributed by atoms with E-state index in [9.17, 15) is 4.79 Å². The summed E-state index contributed by atoms with van der Waals surface area (Å²) in [5.41, 5.74) is 1.85. The van der Waals surface area contributed by atoms with Gasteiger partial charge in [0.05, 0.1) is 11.9 Å². The van der Waals surface area contributed by atoms with E-state index in [1.165, 1.54) is 0 Å². The Labute approximate surface area is 132 Å². The molecule has 0 spiro atoms. The van der Waals surface area contributed by atoms with Crippen LogP contribution in [-0.4, -0.2) is 17.4 Å². The topological polar surface area (TPSA) is 45.2 Å². The number of aromatic nitrogens is 1. The van der Waals surface area contributed by atoms with Gasteiger partial charge in [-0.25, -0.2) is 4.98 Å². The van der Waals surface area contributed by atoms with Gasteiger partial charge in [0, 0.05) is 18.7 Å². The van der Waals surface area contributed by atoms with Crippen LogP contribution >= 0.6 is 0 Å². The van der Waals surface area contributed by atoms with Crippen molar-refractivity contribution in [2.24, 2.45) is 0 Å². The van der Waals surface area contributed by atoms with Crippen molar-refractivity contribution in [3.63, 3.8) is 0 Å². The van der Waals surface area contributed by atoms with E-state index in [-0.39, 0.29) is 5.91 Å². The maximum atomic E-state index is 11.7. The molecule has 22 heavy (non-hydrogen) atoms. The number of anilines is 3. The van der Waals surface area contributed by atoms with Crippen molar-refractivity contribution in [1.29, 1.82) is 0 Å². The molecule has 0 bridgehead atoms. The third-order valence-electron chi connectivity index (χ3n) is 3.45. The van der Waals surface area contributed by atoms with Crippen molar-refractivity contribution < 1.29 is 4.79 Å². The lowest BCUT2D eigenvalue weighted by molar-refractivity contribution is -0.116. The molecule has 2 aromatic rings. The standard InChI is InChI=1S/C18H23N3O/c1-3-5-11-18(22)20-15-12-13-17(19-14-15)21(4-2)16-9-7-6-8-10-16/h6-10,12-14H,3-5,11H2,1-2H3,(H,20,22). The van der Waals surface area contributed by atoms with Gasteiger partial charge in [-0.2, -0.15) is 0 Å². The number of nitrogens with one attached hydrogen (secondary N) is 1. The lowest BCUT2D eigenvalue weighted by Crippen LogP contribution is -2.17. The summed E-state index contributed by atoms with van der Waals surface area (Å²) >= 11 is 0. The fraction of sp³-hybridized carbons (Fsp3) is 0.333. The first kappa shape index (κ1) is 16.0. The number of rotatable bonds is 7. The summed E-state index contributed by atoms with van der Waals surface area (Å²) < 4.78 is 0. The van der Waals surface area contributed by atoms with Crippen LogP contribution in [0.15, 0.2) is 48.7 Å². The summed E-state index contributed by atoms with van der Waals surface area (Å²) in [5.74, 6) is 0.923. The number of unbranched alkanes of at least 4 members (excludes halogenated alkanes) is 1. The summed E-state index contributed by atoms with van der Waals surface area (Å²) in [6.45, 7) is 5.00. The van der Waals surface area contributed by atoms with Crippen molar-refractivity contribution in [1.82, 2.24) is 4.98 Å². The molecule has 1 aromatic heterocycles. The zero-order chi connectivity index (χ0) is 15.8. The zero-order valence-corrected chi connectivity index (χ0v) is 13.2. The monoisotopic (exact) mass is 297 g/mol. The highest BCUT2D eigenvalue weighted by Crippen LogP contribution is 2.23. The lowest BCUT2D eigenvalue weighted by Gasteiger charge is -2.22. The summed E-state index contributed by atoms with van der Waals surface area (Å²) in [4.78, 5) is 18.3. The Kier molecular flexibility index (Phi) is 5.95. The summed E-state index contributed by atoms with van der Waals surface area (Å²) in [5, 5.41) is 2.88. The Bertz CT molecular complexity index is 581. The third-order valence-corrected chi connectivity index (χ3v) is 3.45. The first-order chi connectivity index (χ1) is 10.7. The molecule has 0 atom stereocenters. The van der Waals surface area contributed by atoms with Gasteiger partial charge in [0.2, 0.25) is 5.91 Å². The van der Waals surface area contributed by atoms with Crippen molar-refractivity contribution in [2.75, 3.05) is 16.8 Å². The highest BCUT2D eigenvalue weighted by molar-refractivity contribution is 5.90. The van der Waals surface area contributed by atoms with Gasteiger partial charge in [-0.3, -0.25) is 4.79 Å². The Morgan fingerprint density at radius 1 is 1.14 bits per heavy atom. The predicted molar refractivity (Wildman–Crippen MR) is 91.5 cm³/mol. The largest absolute Gasteiger partial charge is 0.327 e. The second-order valence-corrected chi connectivity index (χ2v) is 5.14. The minimum Gasteiger partial charge on any atom is -0.327 e. The van der Waals surface area contributed by atoms with Crippen molar-refractivity contribution in [2.45, 2.75) is 33.1 Å². The van der Waals surface area contributed by atoms with Crippen LogP contribution in [0.25, 0.3) is 0 Å². The Morgan fingerprint density at radius 3 is 2.50 bits per heavy atom. The predicted octanol–water partition coefficient (Wildman–Crippen LogP) is 4.37. The number of nitrogens with zero attached hydrogens (tertiary/aromatic N) is 2. The van der Waals surface area contributed by atoms with E-state index in [0.29, 0.717) is 6.42 Å². The van der Waals surface area contributed by atoms with Crippen molar-refractivity contribution in [3.8, 4) is 0 Å². The van der Waals surface area contributed by atoms with Crippen LogP contribution < -0.4 is 10.2 Å². The number of benzene rings is 1. The number of carbonyl (C=O) groups excluding carboxylic acids is 1. The quantitative estimate of drug-likeness (QED) is 0.825. The fourth-order valence-electron chi connectivity index (χ4n) is 2.27. The van der Waals surface area contributed by atoms with E-state index in [2.05, 4.69) is 41.2 Å². The molecule has 1 heterocycles. The molecule has 0 saturated heterocycles. The fourth-order valence-corrected chi connectivity index (χ4v) is 2.27. The molecule has 0 aliphatic carbocycles. The van der Waals surface area contributed by atoms with E-state index >= 15 is 0 Å². The van der Waals surface area contributed by atoms with Gasteiger partial charge < -0.3 is 10.2 Å². The highest BCUT2D eigenvalue weighted by Gasteiger charge is 2.08. The van der Waals surface area contributed by atoms with E-state index in [1.807, 2.05) is 30.3 Å². The number of para-hydroxylation sites is 1. The normalized spacial score (nSPS) is 10.3. The van der Waals surface area contributed by atoms with Crippen LogP contribution in [0.1, 0.15) is 33.1 Å². The number of carbonyl (C=O) groups is 1. The SMILES string of the molecule is CCCCC(=O)Nc1ccc(N(CC)c2ccccc2)nc1. The van der Waals surface area contributed by atoms with Gasteiger partial charge in [-0.1, -0.05) is 31.5 Å². The highest BCUT2D eigenvalue weighted by atomic mass is 16.1. The average molecular weight is 297 g/mol. The van der Waals surface area contributed by atoms with Gasteiger partial charge in [-0.15, -0.1) is 0 Å². The van der Waals surface area contributed by atoms with E-state index in [4.69, 9.17) is 0 Å². The number of hydrogen-bond donors (Lipinski definition) is 1.